The predicted octanol–water partition coefficient (Wildman–Crippen LogP) is 2.42. The number of nitrogens with two attached hydrogens (primary N) is 1. The molecule has 0 aromatic carbocycles. The number of nitrogens with zero attached hydrogens (tertiary/aromatic N) is 2. The summed E-state index contributed by atoms with van der Waals surface area (Å²) in [7, 11) is 0. The lowest BCUT2D eigenvalue weighted by atomic mass is 9.84. The van der Waals surface area contributed by atoms with E-state index >= 15 is 0 Å². The molecule has 1 aromatic rings. The van der Waals surface area contributed by atoms with Gasteiger partial charge in [-0.2, -0.15) is 5.10 Å². The molecule has 0 spiro atoms. The summed E-state index contributed by atoms with van der Waals surface area (Å²) >= 11 is 0. The highest BCUT2D eigenvalue weighted by Crippen LogP contribution is 2.29. The molecule has 1 aliphatic rings. The van der Waals surface area contributed by atoms with Crippen LogP contribution in [0.15, 0.2) is 12.3 Å². The molecule has 0 aliphatic heterocycles. The Bertz CT molecular complexity index is 371. The van der Waals surface area contributed by atoms with E-state index in [1.807, 2.05) is 0 Å². The Balaban J connectivity index is 2.01. The number of hydrogen-bond donors (Lipinski definition) is 2. The summed E-state index contributed by atoms with van der Waals surface area (Å²) in [4.78, 5) is 0. The predicted molar refractivity (Wildman–Crippen MR) is 74.0 cm³/mol. The van der Waals surface area contributed by atoms with E-state index in [2.05, 4.69) is 43.1 Å². The van der Waals surface area contributed by atoms with E-state index in [0.29, 0.717) is 6.04 Å². The first-order valence-corrected chi connectivity index (χ1v) is 7.01. The van der Waals surface area contributed by atoms with E-state index in [1.54, 1.807) is 0 Å². The highest BCUT2D eigenvalue weighted by molar-refractivity contribution is 5.04. The average Bonchev–Trinajstić information content (AvgIpc) is 2.94. The fourth-order valence-corrected chi connectivity index (χ4v) is 2.68. The van der Waals surface area contributed by atoms with Gasteiger partial charge in [0.25, 0.3) is 0 Å². The molecule has 1 unspecified atom stereocenters. The Kier molecular flexibility index (Phi) is 4.07. The normalized spacial score (nSPS) is 19.3. The molecule has 102 valence electrons. The fourth-order valence-electron chi connectivity index (χ4n) is 2.68. The molecule has 1 aliphatic carbocycles. The van der Waals surface area contributed by atoms with Gasteiger partial charge in [-0.3, -0.25) is 16.0 Å². The molecule has 0 radical (unpaired) electrons. The first kappa shape index (κ1) is 13.6. The van der Waals surface area contributed by atoms with E-state index in [0.717, 1.165) is 12.1 Å². The van der Waals surface area contributed by atoms with Crippen molar-refractivity contribution in [1.29, 1.82) is 0 Å². The maximum atomic E-state index is 5.65. The summed E-state index contributed by atoms with van der Waals surface area (Å²) in [5.74, 6) is 5.65. The van der Waals surface area contributed by atoms with Gasteiger partial charge in [0.15, 0.2) is 0 Å². The van der Waals surface area contributed by atoms with Gasteiger partial charge >= 0.3 is 0 Å². The van der Waals surface area contributed by atoms with Crippen molar-refractivity contribution in [3.05, 3.63) is 18.0 Å². The maximum Gasteiger partial charge on any atom is 0.0640 e. The fraction of sp³-hybridized carbons (Fsp3) is 0.786. The lowest BCUT2D eigenvalue weighted by Gasteiger charge is -2.29. The number of hydrazine groups is 1. The molecule has 1 saturated carbocycles. The summed E-state index contributed by atoms with van der Waals surface area (Å²) in [5, 5.41) is 4.71. The largest absolute Gasteiger partial charge is 0.271 e. The minimum atomic E-state index is 0.145. The summed E-state index contributed by atoms with van der Waals surface area (Å²) in [6, 6.07) is 3.01. The van der Waals surface area contributed by atoms with Gasteiger partial charge in [0.2, 0.25) is 0 Å². The van der Waals surface area contributed by atoms with Crippen LogP contribution in [0.1, 0.15) is 58.2 Å². The van der Waals surface area contributed by atoms with Crippen LogP contribution in [0.4, 0.5) is 0 Å². The van der Waals surface area contributed by atoms with E-state index in [4.69, 9.17) is 10.9 Å². The lowest BCUT2D eigenvalue weighted by molar-refractivity contribution is 0.266. The van der Waals surface area contributed by atoms with E-state index in [9.17, 15) is 0 Å². The third-order valence-corrected chi connectivity index (χ3v) is 4.02. The third kappa shape index (κ3) is 3.12. The van der Waals surface area contributed by atoms with Gasteiger partial charge in [-0.25, -0.2) is 0 Å². The highest BCUT2D eigenvalue weighted by Gasteiger charge is 2.25. The number of aromatic nitrogens is 2. The van der Waals surface area contributed by atoms with Crippen molar-refractivity contribution >= 4 is 0 Å². The van der Waals surface area contributed by atoms with Gasteiger partial charge in [-0.1, -0.05) is 33.6 Å². The van der Waals surface area contributed by atoms with Crippen LogP contribution in [0.5, 0.6) is 0 Å². The smallest absolute Gasteiger partial charge is 0.0640 e. The molecule has 18 heavy (non-hydrogen) atoms. The number of nitrogens with one attached hydrogen (secondary N) is 1. The number of hydrogen-bond acceptors (Lipinski definition) is 3. The minimum Gasteiger partial charge on any atom is -0.271 e. The van der Waals surface area contributed by atoms with Gasteiger partial charge < -0.3 is 0 Å². The topological polar surface area (TPSA) is 55.9 Å². The molecule has 0 saturated heterocycles. The lowest BCUT2D eigenvalue weighted by Crippen LogP contribution is -2.45. The zero-order valence-corrected chi connectivity index (χ0v) is 11.8. The minimum absolute atomic E-state index is 0.145. The first-order chi connectivity index (χ1) is 8.50. The molecule has 0 amide bonds. The van der Waals surface area contributed by atoms with Crippen LogP contribution in [0, 0.1) is 5.41 Å². The standard InChI is InChI=1S/C14H26N4/c1-14(2,3)13(16-15)10-11-8-9-18(17-11)12-6-4-5-7-12/h8-9,12-13,16H,4-7,10,15H2,1-3H3. The maximum absolute atomic E-state index is 5.65. The SMILES string of the molecule is CC(C)(C)C(Cc1ccn(C2CCCC2)n1)NN. The van der Waals surface area contributed by atoms with E-state index in [-0.39, 0.29) is 11.5 Å². The Hall–Kier alpha value is -0.870. The molecular weight excluding hydrogens is 224 g/mol. The van der Waals surface area contributed by atoms with E-state index < -0.39 is 0 Å². The summed E-state index contributed by atoms with van der Waals surface area (Å²) in [5.41, 5.74) is 4.20. The molecule has 1 fully saturated rings. The van der Waals surface area contributed by atoms with Crippen LogP contribution in [0.3, 0.4) is 0 Å². The molecule has 1 heterocycles. The monoisotopic (exact) mass is 250 g/mol. The van der Waals surface area contributed by atoms with Gasteiger partial charge in [0.1, 0.15) is 0 Å². The van der Waals surface area contributed by atoms with Gasteiger partial charge in [0.05, 0.1) is 11.7 Å². The molecule has 1 atom stereocenters. The summed E-state index contributed by atoms with van der Waals surface area (Å²) in [6.45, 7) is 6.60. The van der Waals surface area contributed by atoms with Crippen molar-refractivity contribution in [2.75, 3.05) is 0 Å². The van der Waals surface area contributed by atoms with Crippen LogP contribution >= 0.6 is 0 Å². The second kappa shape index (κ2) is 5.41. The Morgan fingerprint density at radius 2 is 2.11 bits per heavy atom. The molecule has 4 nitrogen and oxygen atoms in total. The number of rotatable bonds is 4. The van der Waals surface area contributed by atoms with Gasteiger partial charge in [0, 0.05) is 18.7 Å². The van der Waals surface area contributed by atoms with Crippen LogP contribution in [-0.4, -0.2) is 15.8 Å². The molecule has 0 bridgehead atoms. The van der Waals surface area contributed by atoms with Crippen LogP contribution in [-0.2, 0) is 6.42 Å². The second-order valence-corrected chi connectivity index (χ2v) is 6.51. The summed E-state index contributed by atoms with van der Waals surface area (Å²) in [6.07, 6.45) is 8.25. The van der Waals surface area contributed by atoms with Crippen molar-refractivity contribution in [3.63, 3.8) is 0 Å². The molecular formula is C14H26N4. The second-order valence-electron chi connectivity index (χ2n) is 6.51. The third-order valence-electron chi connectivity index (χ3n) is 4.02. The van der Waals surface area contributed by atoms with Crippen LogP contribution in [0.2, 0.25) is 0 Å². The first-order valence-electron chi connectivity index (χ1n) is 7.01. The van der Waals surface area contributed by atoms with E-state index in [1.165, 1.54) is 25.7 Å². The van der Waals surface area contributed by atoms with Crippen molar-refractivity contribution in [1.82, 2.24) is 15.2 Å². The Morgan fingerprint density at radius 3 is 2.67 bits per heavy atom. The zero-order valence-electron chi connectivity index (χ0n) is 11.8. The molecule has 1 aromatic heterocycles. The van der Waals surface area contributed by atoms with Crippen LogP contribution in [0.25, 0.3) is 0 Å². The molecule has 4 heteroatoms. The van der Waals surface area contributed by atoms with Crippen molar-refractivity contribution in [2.45, 2.75) is 65.0 Å². The van der Waals surface area contributed by atoms with Crippen LogP contribution < -0.4 is 11.3 Å². The van der Waals surface area contributed by atoms with Crippen molar-refractivity contribution < 1.29 is 0 Å². The van der Waals surface area contributed by atoms with Crippen molar-refractivity contribution in [2.24, 2.45) is 11.3 Å². The Labute approximate surface area is 110 Å². The molecule has 2 rings (SSSR count). The Morgan fingerprint density at radius 1 is 1.44 bits per heavy atom. The summed E-state index contributed by atoms with van der Waals surface area (Å²) < 4.78 is 2.15. The average molecular weight is 250 g/mol. The molecule has 3 N–H and O–H groups in total. The zero-order chi connectivity index (χ0) is 13.2. The van der Waals surface area contributed by atoms with Gasteiger partial charge in [-0.15, -0.1) is 0 Å². The van der Waals surface area contributed by atoms with Gasteiger partial charge in [-0.05, 0) is 24.3 Å². The highest BCUT2D eigenvalue weighted by atomic mass is 15.3. The van der Waals surface area contributed by atoms with Crippen molar-refractivity contribution in [3.8, 4) is 0 Å². The quantitative estimate of drug-likeness (QED) is 0.637.